The zero-order chi connectivity index (χ0) is 43.6. The molecule has 0 radical (unpaired) electrons. The molecule has 0 unspecified atom stereocenters. The number of para-hydroxylation sites is 2. The zero-order valence-corrected chi connectivity index (χ0v) is 36.0. The average molecular weight is 840 g/mol. The van der Waals surface area contributed by atoms with Gasteiger partial charge in [-0.2, -0.15) is 0 Å². The van der Waals surface area contributed by atoms with Crippen molar-refractivity contribution in [3.63, 3.8) is 0 Å². The quantitative estimate of drug-likeness (QED) is 0.149. The molecule has 0 spiro atoms. The summed E-state index contributed by atoms with van der Waals surface area (Å²) in [5.41, 5.74) is 14.1. The summed E-state index contributed by atoms with van der Waals surface area (Å²) in [7, 11) is 0. The monoisotopic (exact) mass is 839 g/mol. The fraction of sp³-hybridized carbons (Fsp3) is 0. The molecule has 13 rings (SSSR count). The third kappa shape index (κ3) is 6.18. The lowest BCUT2D eigenvalue weighted by Gasteiger charge is -2.29. The first-order valence-electron chi connectivity index (χ1n) is 22.7. The normalized spacial score (nSPS) is 11.6. The van der Waals surface area contributed by atoms with Crippen LogP contribution in [-0.2, 0) is 0 Å². The summed E-state index contributed by atoms with van der Waals surface area (Å²) in [5, 5.41) is 12.1. The molecule has 0 atom stereocenters. The van der Waals surface area contributed by atoms with Crippen LogP contribution in [0.15, 0.2) is 253 Å². The molecule has 66 heavy (non-hydrogen) atoms. The van der Waals surface area contributed by atoms with E-state index < -0.39 is 0 Å². The Hall–Kier alpha value is -8.72. The number of anilines is 3. The molecular formula is C64H41NO. The summed E-state index contributed by atoms with van der Waals surface area (Å²) >= 11 is 0. The molecule has 2 heteroatoms. The number of rotatable bonds is 7. The van der Waals surface area contributed by atoms with Gasteiger partial charge in [-0.3, -0.25) is 0 Å². The Kier molecular flexibility index (Phi) is 8.89. The van der Waals surface area contributed by atoms with Crippen molar-refractivity contribution in [1.29, 1.82) is 0 Å². The van der Waals surface area contributed by atoms with Gasteiger partial charge in [-0.25, -0.2) is 0 Å². The van der Waals surface area contributed by atoms with Gasteiger partial charge < -0.3 is 9.32 Å². The van der Waals surface area contributed by atoms with E-state index in [0.717, 1.165) is 66.8 Å². The molecule has 0 fully saturated rings. The summed E-state index contributed by atoms with van der Waals surface area (Å²) in [5.74, 6) is 0. The molecule has 308 valence electrons. The first-order chi connectivity index (χ1) is 32.7. The minimum atomic E-state index is 0.858. The van der Waals surface area contributed by atoms with E-state index in [4.69, 9.17) is 4.42 Å². The third-order valence-electron chi connectivity index (χ3n) is 13.5. The van der Waals surface area contributed by atoms with E-state index in [0.29, 0.717) is 0 Å². The Labute approximate surface area is 382 Å². The summed E-state index contributed by atoms with van der Waals surface area (Å²) in [6.07, 6.45) is 0. The predicted molar refractivity (Wildman–Crippen MR) is 280 cm³/mol. The van der Waals surface area contributed by atoms with Gasteiger partial charge in [-0.05, 0) is 125 Å². The van der Waals surface area contributed by atoms with Crippen LogP contribution in [0.25, 0.3) is 110 Å². The van der Waals surface area contributed by atoms with Crippen LogP contribution in [0.1, 0.15) is 0 Å². The van der Waals surface area contributed by atoms with E-state index in [1.807, 2.05) is 0 Å². The molecule has 0 aliphatic carbocycles. The highest BCUT2D eigenvalue weighted by molar-refractivity contribution is 6.26. The van der Waals surface area contributed by atoms with E-state index in [9.17, 15) is 0 Å². The Morgan fingerprint density at radius 1 is 0.273 bits per heavy atom. The first-order valence-corrected chi connectivity index (χ1v) is 22.7. The van der Waals surface area contributed by atoms with Crippen LogP contribution in [0.2, 0.25) is 0 Å². The van der Waals surface area contributed by atoms with Gasteiger partial charge in [0, 0.05) is 22.2 Å². The molecule has 0 saturated heterocycles. The summed E-state index contributed by atoms with van der Waals surface area (Å²) in [6.45, 7) is 0. The lowest BCUT2D eigenvalue weighted by Crippen LogP contribution is -2.11. The molecule has 0 amide bonds. The Balaban J connectivity index is 1.05. The van der Waals surface area contributed by atoms with Crippen molar-refractivity contribution < 1.29 is 4.42 Å². The Morgan fingerprint density at radius 3 is 1.56 bits per heavy atom. The molecular weight excluding hydrogens is 799 g/mol. The molecule has 0 N–H and O–H groups in total. The second-order valence-corrected chi connectivity index (χ2v) is 17.2. The smallest absolute Gasteiger partial charge is 0.145 e. The van der Waals surface area contributed by atoms with Crippen molar-refractivity contribution in [2.45, 2.75) is 0 Å². The third-order valence-corrected chi connectivity index (χ3v) is 13.5. The van der Waals surface area contributed by atoms with Crippen molar-refractivity contribution in [3.8, 4) is 44.5 Å². The van der Waals surface area contributed by atoms with E-state index in [2.05, 4.69) is 254 Å². The highest BCUT2D eigenvalue weighted by Gasteiger charge is 2.25. The van der Waals surface area contributed by atoms with Gasteiger partial charge in [-0.1, -0.05) is 200 Å². The van der Waals surface area contributed by atoms with Crippen molar-refractivity contribution in [2.24, 2.45) is 0 Å². The molecule has 1 aromatic heterocycles. The number of furan rings is 1. The number of benzene rings is 12. The van der Waals surface area contributed by atoms with E-state index in [1.54, 1.807) is 0 Å². The molecule has 0 saturated carbocycles. The highest BCUT2D eigenvalue weighted by atomic mass is 16.3. The van der Waals surface area contributed by atoms with Gasteiger partial charge in [0.1, 0.15) is 11.2 Å². The average Bonchev–Trinajstić information content (AvgIpc) is 3.79. The molecule has 12 aromatic carbocycles. The van der Waals surface area contributed by atoms with Crippen molar-refractivity contribution in [3.05, 3.63) is 249 Å². The largest absolute Gasteiger partial charge is 0.455 e. The number of fused-ring (bicyclic) bond motifs is 10. The van der Waals surface area contributed by atoms with Gasteiger partial charge in [0.2, 0.25) is 0 Å². The standard InChI is InChI=1S/C64H41NO/c1-2-16-42(17-3-1)45-20-14-21-46(40-45)43-32-35-48(36-33-43)65(61-39-38-57(51-29-15-19-44-18-4-5-22-49(44)51)64-63(61)58-28-11-13-31-62(58)66-64)60-30-12-10-23-50(60)47-34-37-56-54-26-7-6-24-52(54)53-25-8-9-27-55(53)59(56)41-47/h1-41H. The van der Waals surface area contributed by atoms with Crippen LogP contribution in [0.4, 0.5) is 17.1 Å². The maximum atomic E-state index is 6.99. The second kappa shape index (κ2) is 15.5. The van der Waals surface area contributed by atoms with Crippen LogP contribution < -0.4 is 4.90 Å². The van der Waals surface area contributed by atoms with Gasteiger partial charge in [0.15, 0.2) is 0 Å². The number of nitrogens with zero attached hydrogens (tertiary/aromatic N) is 1. The molecule has 0 bridgehead atoms. The summed E-state index contributed by atoms with van der Waals surface area (Å²) in [4.78, 5) is 2.44. The molecule has 1 heterocycles. The maximum Gasteiger partial charge on any atom is 0.145 e. The van der Waals surface area contributed by atoms with Gasteiger partial charge >= 0.3 is 0 Å². The molecule has 13 aromatic rings. The lowest BCUT2D eigenvalue weighted by atomic mass is 9.91. The van der Waals surface area contributed by atoms with E-state index in [1.165, 1.54) is 59.8 Å². The van der Waals surface area contributed by atoms with Crippen molar-refractivity contribution >= 4 is 82.1 Å². The van der Waals surface area contributed by atoms with Crippen LogP contribution in [0, 0.1) is 0 Å². The van der Waals surface area contributed by atoms with E-state index >= 15 is 0 Å². The highest BCUT2D eigenvalue weighted by Crippen LogP contribution is 2.49. The molecule has 2 nitrogen and oxygen atoms in total. The topological polar surface area (TPSA) is 16.4 Å². The van der Waals surface area contributed by atoms with E-state index in [-0.39, 0.29) is 0 Å². The fourth-order valence-electron chi connectivity index (χ4n) is 10.4. The SMILES string of the molecule is c1ccc(-c2cccc(-c3ccc(N(c4ccccc4-c4ccc5c6ccccc6c6ccccc6c5c4)c4ccc(-c5cccc6ccccc56)c5oc6ccccc6c45)cc3)c2)cc1. The molecule has 0 aliphatic rings. The van der Waals surface area contributed by atoms with Crippen LogP contribution >= 0.6 is 0 Å². The fourth-order valence-corrected chi connectivity index (χ4v) is 10.4. The lowest BCUT2D eigenvalue weighted by molar-refractivity contribution is 0.670. The second-order valence-electron chi connectivity index (χ2n) is 17.2. The summed E-state index contributed by atoms with van der Waals surface area (Å²) in [6, 6.07) is 90.2. The number of hydrogen-bond donors (Lipinski definition) is 0. The Bertz CT molecular complexity index is 3950. The van der Waals surface area contributed by atoms with Crippen molar-refractivity contribution in [2.75, 3.05) is 4.90 Å². The predicted octanol–water partition coefficient (Wildman–Crippen LogP) is 18.3. The van der Waals surface area contributed by atoms with Gasteiger partial charge in [0.25, 0.3) is 0 Å². The maximum absolute atomic E-state index is 6.99. The zero-order valence-electron chi connectivity index (χ0n) is 36.0. The van der Waals surface area contributed by atoms with Crippen molar-refractivity contribution in [1.82, 2.24) is 0 Å². The van der Waals surface area contributed by atoms with Crippen LogP contribution in [-0.4, -0.2) is 0 Å². The molecule has 0 aliphatic heterocycles. The first kappa shape index (κ1) is 37.8. The van der Waals surface area contributed by atoms with Crippen LogP contribution in [0.3, 0.4) is 0 Å². The van der Waals surface area contributed by atoms with Gasteiger partial charge in [-0.15, -0.1) is 0 Å². The number of hydrogen-bond acceptors (Lipinski definition) is 2. The minimum absolute atomic E-state index is 0.858. The summed E-state index contributed by atoms with van der Waals surface area (Å²) < 4.78 is 6.99. The van der Waals surface area contributed by atoms with Crippen LogP contribution in [0.5, 0.6) is 0 Å². The minimum Gasteiger partial charge on any atom is -0.455 e. The Morgan fingerprint density at radius 2 is 0.803 bits per heavy atom. The van der Waals surface area contributed by atoms with Gasteiger partial charge in [0.05, 0.1) is 16.8 Å².